The molecular weight excluding hydrogens is 633 g/mol. The number of hydrogen-bond donors (Lipinski definition) is 0. The molecule has 1 heterocycles. The summed E-state index contributed by atoms with van der Waals surface area (Å²) in [7, 11) is -2.28. The second kappa shape index (κ2) is 19.3. The molecule has 0 bridgehead atoms. The summed E-state index contributed by atoms with van der Waals surface area (Å²) >= 11 is 0. The second-order valence-electron chi connectivity index (χ2n) is 13.7. The molecule has 49 heavy (non-hydrogen) atoms. The number of esters is 1. The van der Waals surface area contributed by atoms with E-state index in [2.05, 4.69) is 48.1 Å². The first-order valence-electron chi connectivity index (χ1n) is 17.8. The first kappa shape index (κ1) is 38.7. The van der Waals surface area contributed by atoms with E-state index in [1.54, 1.807) is 12.1 Å². The number of rotatable bonds is 19. The predicted octanol–water partition coefficient (Wildman–Crippen LogP) is 9.28. The Morgan fingerprint density at radius 1 is 0.735 bits per heavy atom. The third-order valence-electron chi connectivity index (χ3n) is 9.45. The van der Waals surface area contributed by atoms with Gasteiger partial charge in [0.15, 0.2) is 20.7 Å². The first-order chi connectivity index (χ1) is 23.7. The van der Waals surface area contributed by atoms with Crippen LogP contribution in [0, 0.1) is 0 Å². The number of ether oxygens (including phenoxy) is 5. The molecule has 0 aromatic heterocycles. The van der Waals surface area contributed by atoms with Gasteiger partial charge < -0.3 is 28.1 Å². The number of carbonyl (C=O) groups excluding carboxylic acids is 1. The Labute approximate surface area is 295 Å². The van der Waals surface area contributed by atoms with E-state index in [4.69, 9.17) is 28.1 Å². The summed E-state index contributed by atoms with van der Waals surface area (Å²) in [6.07, 6.45) is -0.338. The van der Waals surface area contributed by atoms with Crippen LogP contribution < -0.4 is 0 Å². The third kappa shape index (κ3) is 10.4. The average Bonchev–Trinajstić information content (AvgIpc) is 3.10. The van der Waals surface area contributed by atoms with Crippen molar-refractivity contribution in [3.05, 3.63) is 120 Å². The van der Waals surface area contributed by atoms with E-state index in [1.165, 1.54) is 0 Å². The van der Waals surface area contributed by atoms with Gasteiger partial charge in [-0.15, -0.1) is 6.58 Å². The molecule has 3 aromatic rings. The lowest BCUT2D eigenvalue weighted by Gasteiger charge is -2.48. The van der Waals surface area contributed by atoms with Crippen LogP contribution in [0.15, 0.2) is 104 Å². The quantitative estimate of drug-likeness (QED) is 0.0538. The molecule has 0 aliphatic carbocycles. The molecule has 3 aromatic carbocycles. The Kier molecular flexibility index (Phi) is 15.3. The molecule has 1 aliphatic rings. The van der Waals surface area contributed by atoms with E-state index in [9.17, 15) is 4.79 Å². The smallest absolute Gasteiger partial charge is 0.338 e. The van der Waals surface area contributed by atoms with Gasteiger partial charge in [0.05, 0.1) is 32.0 Å². The van der Waals surface area contributed by atoms with Crippen molar-refractivity contribution in [2.75, 3.05) is 13.2 Å². The summed E-state index contributed by atoms with van der Waals surface area (Å²) in [5.41, 5.74) is 3.59. The lowest BCUT2D eigenvalue weighted by molar-refractivity contribution is -0.315. The van der Waals surface area contributed by atoms with E-state index >= 15 is 0 Å². The van der Waals surface area contributed by atoms with Crippen molar-refractivity contribution in [3.63, 3.8) is 0 Å². The normalized spacial score (nSPS) is 21.3. The maximum absolute atomic E-state index is 13.6. The zero-order chi connectivity index (χ0) is 35.2. The molecule has 0 radical (unpaired) electrons. The second-order valence-corrected chi connectivity index (χ2v) is 19.2. The van der Waals surface area contributed by atoms with Crippen molar-refractivity contribution >= 4 is 14.3 Å². The largest absolute Gasteiger partial charge is 0.450 e. The van der Waals surface area contributed by atoms with E-state index in [-0.39, 0.29) is 6.61 Å². The molecule has 0 N–H and O–H groups in total. The SMILES string of the molecule is C=CCCCO[C@H]1O[C@H](CO[Si](C(C)C)(C(C)C)C(C)C)[C@@H](OCc2ccccc2)[C@H](OCc2ccccc2)[C@@H]1OC(=O)c1ccccc1. The molecule has 0 amide bonds. The molecule has 266 valence electrons. The fourth-order valence-electron chi connectivity index (χ4n) is 7.12. The van der Waals surface area contributed by atoms with Gasteiger partial charge in [0.25, 0.3) is 0 Å². The van der Waals surface area contributed by atoms with Gasteiger partial charge in [-0.05, 0) is 52.7 Å². The lowest BCUT2D eigenvalue weighted by atomic mass is 9.97. The summed E-state index contributed by atoms with van der Waals surface area (Å²) < 4.78 is 40.1. The molecule has 0 unspecified atom stereocenters. The summed E-state index contributed by atoms with van der Waals surface area (Å²) in [6, 6.07) is 29.0. The van der Waals surface area contributed by atoms with Crippen LogP contribution in [0.1, 0.15) is 75.9 Å². The summed E-state index contributed by atoms with van der Waals surface area (Å²) in [5.74, 6) is -0.482. The topological polar surface area (TPSA) is 72.5 Å². The van der Waals surface area contributed by atoms with Crippen LogP contribution in [0.25, 0.3) is 0 Å². The zero-order valence-corrected chi connectivity index (χ0v) is 31.2. The highest BCUT2D eigenvalue weighted by Gasteiger charge is 2.52. The molecule has 4 rings (SSSR count). The van der Waals surface area contributed by atoms with Crippen molar-refractivity contribution in [1.82, 2.24) is 0 Å². The molecule has 0 spiro atoms. The zero-order valence-electron chi connectivity index (χ0n) is 30.2. The van der Waals surface area contributed by atoms with Crippen LogP contribution in [0.2, 0.25) is 16.6 Å². The molecule has 5 atom stereocenters. The molecular formula is C41H56O7Si. The standard InChI is InChI=1S/C41H56O7Si/c1-8-9-19-26-43-41-39(48-40(42)35-24-17-12-18-25-35)38(45-28-34-22-15-11-16-23-34)37(44-27-33-20-13-10-14-21-33)36(47-41)29-46-49(30(2)3,31(4)5)32(6)7/h8,10-18,20-25,30-32,36-39,41H,1,9,19,26-29H2,2-7H3/t36-,37-,38+,39+,41+/m1/s1. The molecule has 1 saturated heterocycles. The van der Waals surface area contributed by atoms with Gasteiger partial charge in [-0.25, -0.2) is 4.79 Å². The van der Waals surface area contributed by atoms with Gasteiger partial charge in [-0.1, -0.05) is 126 Å². The maximum atomic E-state index is 13.6. The average molecular weight is 689 g/mol. The van der Waals surface area contributed by atoms with Gasteiger partial charge in [0, 0.05) is 0 Å². The van der Waals surface area contributed by atoms with Gasteiger partial charge in [-0.3, -0.25) is 0 Å². The van der Waals surface area contributed by atoms with Crippen LogP contribution in [0.5, 0.6) is 0 Å². The van der Waals surface area contributed by atoms with Crippen molar-refractivity contribution < 1.29 is 32.9 Å². The van der Waals surface area contributed by atoms with Crippen molar-refractivity contribution in [2.45, 2.75) is 115 Å². The molecule has 0 saturated carbocycles. The monoisotopic (exact) mass is 688 g/mol. The maximum Gasteiger partial charge on any atom is 0.338 e. The minimum absolute atomic E-state index is 0.287. The van der Waals surface area contributed by atoms with Gasteiger partial charge >= 0.3 is 5.97 Å². The van der Waals surface area contributed by atoms with E-state index in [0.29, 0.717) is 42.0 Å². The van der Waals surface area contributed by atoms with Gasteiger partial charge in [0.2, 0.25) is 0 Å². The van der Waals surface area contributed by atoms with Crippen LogP contribution >= 0.6 is 0 Å². The fraction of sp³-hybridized carbons (Fsp3) is 0.488. The summed E-state index contributed by atoms with van der Waals surface area (Å²) in [4.78, 5) is 13.6. The molecule has 8 heteroatoms. The van der Waals surface area contributed by atoms with Gasteiger partial charge in [0.1, 0.15) is 18.3 Å². The Morgan fingerprint density at radius 3 is 1.76 bits per heavy atom. The highest BCUT2D eigenvalue weighted by atomic mass is 28.4. The lowest BCUT2D eigenvalue weighted by Crippen LogP contribution is -2.63. The van der Waals surface area contributed by atoms with Crippen LogP contribution in [-0.2, 0) is 41.3 Å². The minimum Gasteiger partial charge on any atom is -0.450 e. The predicted molar refractivity (Wildman–Crippen MR) is 197 cm³/mol. The summed E-state index contributed by atoms with van der Waals surface area (Å²) in [5, 5.41) is 0. The van der Waals surface area contributed by atoms with Crippen LogP contribution in [-0.4, -0.2) is 58.2 Å². The van der Waals surface area contributed by atoms with Crippen molar-refractivity contribution in [2.24, 2.45) is 0 Å². The fourth-order valence-corrected chi connectivity index (χ4v) is 12.6. The van der Waals surface area contributed by atoms with Crippen LogP contribution in [0.4, 0.5) is 0 Å². The minimum atomic E-state index is -2.28. The number of unbranched alkanes of at least 4 members (excludes halogenated alkanes) is 1. The first-order valence-corrected chi connectivity index (χ1v) is 19.9. The number of carbonyl (C=O) groups is 1. The Bertz CT molecular complexity index is 1360. The van der Waals surface area contributed by atoms with E-state index in [1.807, 2.05) is 84.9 Å². The van der Waals surface area contributed by atoms with Crippen molar-refractivity contribution in [3.8, 4) is 0 Å². The Morgan fingerprint density at radius 2 is 1.24 bits per heavy atom. The Hall–Kier alpha value is -3.11. The van der Waals surface area contributed by atoms with Crippen LogP contribution in [0.3, 0.4) is 0 Å². The number of hydrogen-bond acceptors (Lipinski definition) is 7. The summed E-state index contributed by atoms with van der Waals surface area (Å²) in [6.45, 7) is 18.8. The number of allylic oxidation sites excluding steroid dienone is 1. The van der Waals surface area contributed by atoms with Crippen molar-refractivity contribution in [1.29, 1.82) is 0 Å². The molecule has 7 nitrogen and oxygen atoms in total. The molecule has 1 fully saturated rings. The number of benzene rings is 3. The van der Waals surface area contributed by atoms with Gasteiger partial charge in [-0.2, -0.15) is 0 Å². The Balaban J connectivity index is 1.75. The highest BCUT2D eigenvalue weighted by Crippen LogP contribution is 2.43. The highest BCUT2D eigenvalue weighted by molar-refractivity contribution is 6.77. The van der Waals surface area contributed by atoms with E-state index < -0.39 is 45.0 Å². The third-order valence-corrected chi connectivity index (χ3v) is 15.5. The molecule has 1 aliphatic heterocycles. The van der Waals surface area contributed by atoms with E-state index in [0.717, 1.165) is 24.0 Å².